The normalized spacial score (nSPS) is 17.8. The molecule has 0 unspecified atom stereocenters. The monoisotopic (exact) mass is 407 g/mol. The summed E-state index contributed by atoms with van der Waals surface area (Å²) in [5.41, 5.74) is 1.99. The summed E-state index contributed by atoms with van der Waals surface area (Å²) in [5, 5.41) is 4.05. The van der Waals surface area contributed by atoms with Crippen molar-refractivity contribution in [2.75, 3.05) is 13.1 Å². The van der Waals surface area contributed by atoms with Crippen LogP contribution in [0.3, 0.4) is 0 Å². The number of carbonyl (C=O) groups excluding carboxylic acids is 2. The van der Waals surface area contributed by atoms with Gasteiger partial charge < -0.3 is 10.2 Å². The third-order valence-corrected chi connectivity index (χ3v) is 6.59. The highest BCUT2D eigenvalue weighted by Gasteiger charge is 2.28. The van der Waals surface area contributed by atoms with E-state index < -0.39 is 0 Å². The maximum atomic E-state index is 13.1. The minimum Gasteiger partial charge on any atom is -0.349 e. The number of para-hydroxylation sites is 1. The molecule has 5 nitrogen and oxygen atoms in total. The van der Waals surface area contributed by atoms with Gasteiger partial charge in [-0.15, -0.1) is 11.3 Å². The van der Waals surface area contributed by atoms with Crippen molar-refractivity contribution in [1.82, 2.24) is 15.2 Å². The molecule has 3 aromatic rings. The van der Waals surface area contributed by atoms with Gasteiger partial charge in [0, 0.05) is 25.9 Å². The zero-order valence-corrected chi connectivity index (χ0v) is 17.3. The summed E-state index contributed by atoms with van der Waals surface area (Å²) in [4.78, 5) is 31.5. The summed E-state index contributed by atoms with van der Waals surface area (Å²) in [5.74, 6) is 0.233. The molecule has 2 amide bonds. The molecule has 150 valence electrons. The average Bonchev–Trinajstić information content (AvgIpc) is 3.18. The van der Waals surface area contributed by atoms with E-state index in [0.29, 0.717) is 6.54 Å². The number of likely N-dealkylation sites (tertiary alicyclic amines) is 1. The lowest BCUT2D eigenvalue weighted by Gasteiger charge is -2.33. The number of hydrogen-bond acceptors (Lipinski definition) is 4. The maximum absolute atomic E-state index is 13.1. The van der Waals surface area contributed by atoms with Crippen LogP contribution in [0.1, 0.15) is 48.7 Å². The number of hydrogen-bond donors (Lipinski definition) is 1. The number of carbonyl (C=O) groups is 2. The molecule has 1 aliphatic heterocycles. The van der Waals surface area contributed by atoms with E-state index in [4.69, 9.17) is 4.98 Å². The number of amides is 2. The number of benzene rings is 2. The fraction of sp³-hybridized carbons (Fsp3) is 0.348. The lowest BCUT2D eigenvalue weighted by molar-refractivity contribution is -0.133. The van der Waals surface area contributed by atoms with Crippen LogP contribution in [0.15, 0.2) is 54.6 Å². The Hall–Kier alpha value is -2.73. The summed E-state index contributed by atoms with van der Waals surface area (Å²) in [6, 6.07) is 17.6. The number of nitrogens with zero attached hydrogens (tertiary/aromatic N) is 2. The Balaban J connectivity index is 1.46. The van der Waals surface area contributed by atoms with Crippen molar-refractivity contribution < 1.29 is 9.59 Å². The lowest BCUT2D eigenvalue weighted by Crippen LogP contribution is -2.41. The lowest BCUT2D eigenvalue weighted by atomic mass is 9.97. The van der Waals surface area contributed by atoms with Gasteiger partial charge in [-0.1, -0.05) is 42.5 Å². The summed E-state index contributed by atoms with van der Waals surface area (Å²) in [6.07, 6.45) is 2.30. The van der Waals surface area contributed by atoms with Crippen molar-refractivity contribution in [3.05, 3.63) is 65.2 Å². The molecule has 4 rings (SSSR count). The molecule has 1 N–H and O–H groups in total. The molecular formula is C23H25N3O2S. The number of nitrogens with one attached hydrogen (secondary N) is 1. The van der Waals surface area contributed by atoms with Crippen LogP contribution in [0.5, 0.6) is 0 Å². The Morgan fingerprint density at radius 1 is 1.17 bits per heavy atom. The molecule has 2 heterocycles. The minimum atomic E-state index is -0.302. The van der Waals surface area contributed by atoms with E-state index in [1.807, 2.05) is 53.4 Å². The fourth-order valence-corrected chi connectivity index (χ4v) is 5.05. The van der Waals surface area contributed by atoms with Gasteiger partial charge in [0.1, 0.15) is 0 Å². The molecule has 1 saturated heterocycles. The van der Waals surface area contributed by atoms with Crippen molar-refractivity contribution in [2.24, 2.45) is 0 Å². The van der Waals surface area contributed by atoms with Crippen molar-refractivity contribution in [3.8, 4) is 0 Å². The van der Waals surface area contributed by atoms with E-state index in [-0.39, 0.29) is 30.2 Å². The fourth-order valence-electron chi connectivity index (χ4n) is 3.96. The molecule has 1 aliphatic rings. The van der Waals surface area contributed by atoms with E-state index in [0.717, 1.165) is 35.5 Å². The molecule has 1 aromatic heterocycles. The van der Waals surface area contributed by atoms with Gasteiger partial charge in [0.25, 0.3) is 0 Å². The Kier molecular flexibility index (Phi) is 5.90. The third-order valence-electron chi connectivity index (χ3n) is 5.39. The predicted molar refractivity (Wildman–Crippen MR) is 116 cm³/mol. The largest absolute Gasteiger partial charge is 0.349 e. The SMILES string of the molecule is CC(=O)N[C@H](CC(=O)N1CCC[C@H](c2nc3ccccc3s2)C1)c1ccccc1. The molecule has 1 fully saturated rings. The van der Waals surface area contributed by atoms with Crippen molar-refractivity contribution in [2.45, 2.75) is 38.1 Å². The Bertz CT molecular complexity index is 969. The van der Waals surface area contributed by atoms with Crippen molar-refractivity contribution >= 4 is 33.4 Å². The standard InChI is InChI=1S/C23H25N3O2S/c1-16(27)24-20(17-8-3-2-4-9-17)14-22(28)26-13-7-10-18(15-26)23-25-19-11-5-6-12-21(19)29-23/h2-6,8-9,11-12,18,20H,7,10,13-15H2,1H3,(H,24,27)/t18-,20+/m0/s1. The second-order valence-electron chi connectivity index (χ2n) is 7.57. The number of rotatable bonds is 5. The van der Waals surface area contributed by atoms with E-state index in [1.165, 1.54) is 11.6 Å². The Morgan fingerprint density at radius 2 is 1.93 bits per heavy atom. The average molecular weight is 408 g/mol. The van der Waals surface area contributed by atoms with Gasteiger partial charge in [0.15, 0.2) is 0 Å². The Morgan fingerprint density at radius 3 is 2.69 bits per heavy atom. The second-order valence-corrected chi connectivity index (χ2v) is 8.63. The van der Waals surface area contributed by atoms with Crippen LogP contribution in [0.2, 0.25) is 0 Å². The summed E-state index contributed by atoms with van der Waals surface area (Å²) in [6.45, 7) is 2.95. The van der Waals surface area contributed by atoms with Crippen LogP contribution < -0.4 is 5.32 Å². The molecule has 0 saturated carbocycles. The van der Waals surface area contributed by atoms with Gasteiger partial charge in [0.05, 0.1) is 27.7 Å². The minimum absolute atomic E-state index is 0.0819. The number of piperidine rings is 1. The van der Waals surface area contributed by atoms with E-state index in [1.54, 1.807) is 11.3 Å². The first-order valence-electron chi connectivity index (χ1n) is 10.1. The first-order chi connectivity index (χ1) is 14.1. The molecule has 0 radical (unpaired) electrons. The topological polar surface area (TPSA) is 62.3 Å². The van der Waals surface area contributed by atoms with Gasteiger partial charge in [0.2, 0.25) is 11.8 Å². The van der Waals surface area contributed by atoms with Gasteiger partial charge in [-0.3, -0.25) is 9.59 Å². The van der Waals surface area contributed by atoms with Gasteiger partial charge >= 0.3 is 0 Å². The number of thiazole rings is 1. The van der Waals surface area contributed by atoms with E-state index in [2.05, 4.69) is 11.4 Å². The van der Waals surface area contributed by atoms with Crippen LogP contribution in [0.25, 0.3) is 10.2 Å². The van der Waals surface area contributed by atoms with Gasteiger partial charge in [-0.2, -0.15) is 0 Å². The van der Waals surface area contributed by atoms with E-state index in [9.17, 15) is 9.59 Å². The van der Waals surface area contributed by atoms with E-state index >= 15 is 0 Å². The van der Waals surface area contributed by atoms with Crippen LogP contribution in [0, 0.1) is 0 Å². The highest BCUT2D eigenvalue weighted by atomic mass is 32.1. The zero-order valence-electron chi connectivity index (χ0n) is 16.5. The van der Waals surface area contributed by atoms with Gasteiger partial charge in [-0.05, 0) is 30.5 Å². The Labute approximate surface area is 174 Å². The maximum Gasteiger partial charge on any atom is 0.225 e. The molecule has 0 spiro atoms. The van der Waals surface area contributed by atoms with Gasteiger partial charge in [-0.25, -0.2) is 4.98 Å². The van der Waals surface area contributed by atoms with Crippen LogP contribution >= 0.6 is 11.3 Å². The molecule has 6 heteroatoms. The quantitative estimate of drug-likeness (QED) is 0.687. The van der Waals surface area contributed by atoms with Crippen LogP contribution in [-0.2, 0) is 9.59 Å². The predicted octanol–water partition coefficient (Wildman–Crippen LogP) is 4.27. The molecule has 0 bridgehead atoms. The first-order valence-corrected chi connectivity index (χ1v) is 10.9. The van der Waals surface area contributed by atoms with Crippen LogP contribution in [0.4, 0.5) is 0 Å². The second kappa shape index (κ2) is 8.74. The first kappa shape index (κ1) is 19.6. The third kappa shape index (κ3) is 4.65. The summed E-state index contributed by atoms with van der Waals surface area (Å²) >= 11 is 1.73. The highest BCUT2D eigenvalue weighted by Crippen LogP contribution is 2.33. The van der Waals surface area contributed by atoms with Crippen molar-refractivity contribution in [3.63, 3.8) is 0 Å². The van der Waals surface area contributed by atoms with Crippen LogP contribution in [-0.4, -0.2) is 34.8 Å². The zero-order chi connectivity index (χ0) is 20.2. The molecule has 2 atom stereocenters. The van der Waals surface area contributed by atoms with Crippen molar-refractivity contribution in [1.29, 1.82) is 0 Å². The molecular weight excluding hydrogens is 382 g/mol. The smallest absolute Gasteiger partial charge is 0.225 e. The highest BCUT2D eigenvalue weighted by molar-refractivity contribution is 7.18. The number of aromatic nitrogens is 1. The summed E-state index contributed by atoms with van der Waals surface area (Å²) < 4.78 is 1.20. The summed E-state index contributed by atoms with van der Waals surface area (Å²) in [7, 11) is 0. The molecule has 0 aliphatic carbocycles. The molecule has 2 aromatic carbocycles. The number of fused-ring (bicyclic) bond motifs is 1. The molecule has 29 heavy (non-hydrogen) atoms.